The number of ether oxygens (including phenoxy) is 2. The molecule has 5 heterocycles. The highest BCUT2D eigenvalue weighted by molar-refractivity contribution is 5.82. The Hall–Kier alpha value is -2.89. The number of rotatable bonds is 4. The number of halogens is 2. The molecule has 0 aromatic carbocycles. The Bertz CT molecular complexity index is 1020. The highest BCUT2D eigenvalue weighted by Crippen LogP contribution is 2.32. The third kappa shape index (κ3) is 5.60. The van der Waals surface area contributed by atoms with Crippen LogP contribution in [0.25, 0.3) is 0 Å². The van der Waals surface area contributed by atoms with E-state index in [9.17, 15) is 13.6 Å². The van der Waals surface area contributed by atoms with Gasteiger partial charge in [-0.2, -0.15) is 8.78 Å². The maximum Gasteiger partial charge on any atom is 0.388 e. The van der Waals surface area contributed by atoms with E-state index in [2.05, 4.69) is 20.0 Å². The summed E-state index contributed by atoms with van der Waals surface area (Å²) in [5.74, 6) is 0.625. The Labute approximate surface area is 196 Å². The molecule has 2 aromatic heterocycles. The van der Waals surface area contributed by atoms with Crippen molar-refractivity contribution in [3.8, 4) is 5.88 Å². The first kappa shape index (κ1) is 24.2. The Morgan fingerprint density at radius 2 is 1.97 bits per heavy atom. The minimum absolute atomic E-state index is 0.138. The first-order valence-electron chi connectivity index (χ1n) is 11.4. The van der Waals surface area contributed by atoms with Crippen molar-refractivity contribution in [2.75, 3.05) is 18.8 Å². The van der Waals surface area contributed by atoms with E-state index in [0.29, 0.717) is 37.7 Å². The van der Waals surface area contributed by atoms with Gasteiger partial charge >= 0.3 is 6.61 Å². The quantitative estimate of drug-likeness (QED) is 0.610. The molecular weight excluding hydrogens is 448 g/mol. The first-order chi connectivity index (χ1) is 16.5. The number of nitrogens with one attached hydrogen (secondary N) is 1. The van der Waals surface area contributed by atoms with Crippen LogP contribution in [0, 0.1) is 0 Å². The molecule has 0 spiro atoms. The number of alkyl halides is 2. The normalized spacial score (nSPS) is 19.2. The van der Waals surface area contributed by atoms with E-state index >= 15 is 0 Å². The molecule has 1 unspecified atom stereocenters. The summed E-state index contributed by atoms with van der Waals surface area (Å²) in [5.41, 5.74) is 10.7. The van der Waals surface area contributed by atoms with Crippen LogP contribution < -0.4 is 15.8 Å². The lowest BCUT2D eigenvalue weighted by Crippen LogP contribution is -2.51. The average molecular weight is 478 g/mol. The number of hydrogen-bond acceptors (Lipinski definition) is 8. The number of nitrogen functional groups attached to an aromatic ring is 1. The standard InChI is InChI=1S/C16H22N4O2.C7H7F2NO2/c17-15-12-9-22-8-11(12)10-6-13(18-7-14(10)19-15)16(21)20-4-2-1-3-5-20;8-7(9)12-6-3-1-2-5(4-11)10-6/h13,18H,1-9H2,(H2,17,19);1-3,7,11H,4H2. The van der Waals surface area contributed by atoms with Crippen molar-refractivity contribution in [3.05, 3.63) is 46.3 Å². The van der Waals surface area contributed by atoms with E-state index in [-0.39, 0.29) is 24.4 Å². The monoisotopic (exact) mass is 477 g/mol. The number of fused-ring (bicyclic) bond motifs is 3. The number of aromatic nitrogens is 2. The van der Waals surface area contributed by atoms with Gasteiger partial charge in [0.15, 0.2) is 0 Å². The van der Waals surface area contributed by atoms with Gasteiger partial charge in [0.05, 0.1) is 37.3 Å². The third-order valence-electron chi connectivity index (χ3n) is 6.18. The molecule has 3 aliphatic rings. The van der Waals surface area contributed by atoms with Crippen molar-refractivity contribution >= 4 is 11.7 Å². The number of piperidine rings is 1. The molecule has 0 radical (unpaired) electrons. The van der Waals surface area contributed by atoms with E-state index in [0.717, 1.165) is 37.2 Å². The summed E-state index contributed by atoms with van der Waals surface area (Å²) in [4.78, 5) is 22.8. The van der Waals surface area contributed by atoms with E-state index in [1.54, 1.807) is 0 Å². The smallest absolute Gasteiger partial charge is 0.388 e. The van der Waals surface area contributed by atoms with Crippen molar-refractivity contribution in [1.82, 2.24) is 20.2 Å². The Morgan fingerprint density at radius 3 is 2.71 bits per heavy atom. The maximum absolute atomic E-state index is 12.7. The van der Waals surface area contributed by atoms with Gasteiger partial charge in [-0.25, -0.2) is 9.97 Å². The number of likely N-dealkylation sites (tertiary alicyclic amines) is 1. The SMILES string of the molecule is Nc1nc2c(c3c1COC3)CC(C(=O)N1CCCCC1)NC2.OCc1cccc(OC(F)F)n1. The summed E-state index contributed by atoms with van der Waals surface area (Å²) in [5, 5.41) is 11.9. The molecule has 1 fully saturated rings. The fourth-order valence-electron chi connectivity index (χ4n) is 4.48. The van der Waals surface area contributed by atoms with E-state index in [1.165, 1.54) is 35.7 Å². The summed E-state index contributed by atoms with van der Waals surface area (Å²) in [6.45, 7) is 0.355. The first-order valence-corrected chi connectivity index (χ1v) is 11.4. The van der Waals surface area contributed by atoms with Gasteiger partial charge in [-0.05, 0) is 42.9 Å². The van der Waals surface area contributed by atoms with Gasteiger partial charge < -0.3 is 25.2 Å². The average Bonchev–Trinajstić information content (AvgIpc) is 3.35. The van der Waals surface area contributed by atoms with E-state index in [1.807, 2.05) is 4.90 Å². The Morgan fingerprint density at radius 1 is 1.21 bits per heavy atom. The van der Waals surface area contributed by atoms with Crippen LogP contribution in [-0.4, -0.2) is 51.6 Å². The van der Waals surface area contributed by atoms with Gasteiger partial charge in [-0.15, -0.1) is 0 Å². The van der Waals surface area contributed by atoms with Crippen LogP contribution in [0.1, 0.15) is 47.3 Å². The van der Waals surface area contributed by atoms with E-state index < -0.39 is 6.61 Å². The second-order valence-corrected chi connectivity index (χ2v) is 8.40. The molecule has 0 aliphatic carbocycles. The lowest BCUT2D eigenvalue weighted by Gasteiger charge is -2.33. The number of aliphatic hydroxyl groups excluding tert-OH is 1. The van der Waals surface area contributed by atoms with E-state index in [4.69, 9.17) is 15.6 Å². The molecule has 184 valence electrons. The summed E-state index contributed by atoms with van der Waals surface area (Å²) >= 11 is 0. The number of amides is 1. The van der Waals surface area contributed by atoms with Crippen LogP contribution in [0.4, 0.5) is 14.6 Å². The molecule has 11 heteroatoms. The predicted molar refractivity (Wildman–Crippen MR) is 119 cm³/mol. The van der Waals surface area contributed by atoms with Gasteiger partial charge in [-0.3, -0.25) is 10.1 Å². The number of carbonyl (C=O) groups excluding carboxylic acids is 1. The largest absolute Gasteiger partial charge is 0.417 e. The number of nitrogens with zero attached hydrogens (tertiary/aromatic N) is 3. The van der Waals surface area contributed by atoms with Gasteiger partial charge in [0.1, 0.15) is 5.82 Å². The molecule has 2 aromatic rings. The van der Waals surface area contributed by atoms with Crippen molar-refractivity contribution < 1.29 is 28.2 Å². The van der Waals surface area contributed by atoms with Gasteiger partial charge in [0, 0.05) is 31.3 Å². The zero-order valence-electron chi connectivity index (χ0n) is 18.8. The van der Waals surface area contributed by atoms with Crippen molar-refractivity contribution in [1.29, 1.82) is 0 Å². The topological polar surface area (TPSA) is 123 Å². The zero-order valence-corrected chi connectivity index (χ0v) is 18.8. The molecule has 0 saturated carbocycles. The van der Waals surface area contributed by atoms with Crippen LogP contribution in [0.5, 0.6) is 5.88 Å². The van der Waals surface area contributed by atoms with Crippen LogP contribution in [0.2, 0.25) is 0 Å². The van der Waals surface area contributed by atoms with Gasteiger partial charge in [-0.1, -0.05) is 6.07 Å². The minimum Gasteiger partial charge on any atom is -0.417 e. The summed E-state index contributed by atoms with van der Waals surface area (Å²) in [6, 6.07) is 4.15. The Balaban J connectivity index is 0.000000195. The molecule has 9 nitrogen and oxygen atoms in total. The fourth-order valence-corrected chi connectivity index (χ4v) is 4.48. The summed E-state index contributed by atoms with van der Waals surface area (Å²) in [7, 11) is 0. The molecule has 34 heavy (non-hydrogen) atoms. The van der Waals surface area contributed by atoms with Crippen LogP contribution in [-0.2, 0) is 42.3 Å². The van der Waals surface area contributed by atoms with Crippen molar-refractivity contribution in [2.24, 2.45) is 0 Å². The van der Waals surface area contributed by atoms with Crippen molar-refractivity contribution in [2.45, 2.75) is 64.7 Å². The van der Waals surface area contributed by atoms with Crippen LogP contribution >= 0.6 is 0 Å². The predicted octanol–water partition coefficient (Wildman–Crippen LogP) is 1.90. The Kier molecular flexibility index (Phi) is 7.86. The summed E-state index contributed by atoms with van der Waals surface area (Å²) in [6.07, 6.45) is 4.18. The molecule has 1 amide bonds. The van der Waals surface area contributed by atoms with Crippen molar-refractivity contribution in [3.63, 3.8) is 0 Å². The van der Waals surface area contributed by atoms with Crippen LogP contribution in [0.15, 0.2) is 18.2 Å². The number of hydrogen-bond donors (Lipinski definition) is 3. The highest BCUT2D eigenvalue weighted by atomic mass is 19.3. The van der Waals surface area contributed by atoms with Crippen LogP contribution in [0.3, 0.4) is 0 Å². The van der Waals surface area contributed by atoms with Gasteiger partial charge in [0.25, 0.3) is 0 Å². The molecule has 4 N–H and O–H groups in total. The summed E-state index contributed by atoms with van der Waals surface area (Å²) < 4.78 is 32.8. The number of aliphatic hydroxyl groups is 1. The minimum atomic E-state index is -2.88. The molecule has 3 aliphatic heterocycles. The molecule has 0 bridgehead atoms. The molecular formula is C23H29F2N5O4. The highest BCUT2D eigenvalue weighted by Gasteiger charge is 2.33. The molecule has 1 saturated heterocycles. The second-order valence-electron chi connectivity index (χ2n) is 8.40. The third-order valence-corrected chi connectivity index (χ3v) is 6.18. The number of pyridine rings is 2. The number of anilines is 1. The lowest BCUT2D eigenvalue weighted by atomic mass is 9.92. The molecule has 1 atom stereocenters. The van der Waals surface area contributed by atoms with Gasteiger partial charge in [0.2, 0.25) is 11.8 Å². The zero-order chi connectivity index (χ0) is 24.1. The maximum atomic E-state index is 12.7. The lowest BCUT2D eigenvalue weighted by molar-refractivity contribution is -0.134. The fraction of sp³-hybridized carbons (Fsp3) is 0.522. The second kappa shape index (κ2) is 11.0. The number of carbonyl (C=O) groups is 1. The molecule has 5 rings (SSSR count). The number of nitrogens with two attached hydrogens (primary N) is 1.